The summed E-state index contributed by atoms with van der Waals surface area (Å²) in [5.41, 5.74) is 1.04. The molecule has 1 saturated heterocycles. The lowest BCUT2D eigenvalue weighted by Gasteiger charge is -2.28. The van der Waals surface area contributed by atoms with Crippen molar-refractivity contribution < 1.29 is 9.53 Å². The first kappa shape index (κ1) is 13.4. The van der Waals surface area contributed by atoms with Gasteiger partial charge in [-0.05, 0) is 37.9 Å². The van der Waals surface area contributed by atoms with Gasteiger partial charge in [-0.1, -0.05) is 18.2 Å². The van der Waals surface area contributed by atoms with Crippen molar-refractivity contribution in [2.45, 2.75) is 18.8 Å². The molecule has 0 spiro atoms. The molecule has 1 atom stereocenters. The van der Waals surface area contributed by atoms with Crippen LogP contribution in [0, 0.1) is 5.92 Å². The van der Waals surface area contributed by atoms with Gasteiger partial charge in [0, 0.05) is 19.2 Å². The predicted octanol–water partition coefficient (Wildman–Crippen LogP) is 1.62. The average Bonchev–Trinajstić information content (AvgIpc) is 2.91. The molecule has 3 rings (SSSR count). The maximum Gasteiger partial charge on any atom is 0.233 e. The number of carbonyl (C=O) groups excluding carboxylic acids is 1. The van der Waals surface area contributed by atoms with Crippen molar-refractivity contribution in [1.29, 1.82) is 0 Å². The van der Waals surface area contributed by atoms with Gasteiger partial charge in [-0.15, -0.1) is 0 Å². The third-order valence-electron chi connectivity index (χ3n) is 4.37. The maximum absolute atomic E-state index is 12.6. The van der Waals surface area contributed by atoms with Gasteiger partial charge in [-0.25, -0.2) is 0 Å². The molecular formula is C16H22N2O2. The number of amides is 1. The third kappa shape index (κ3) is 2.66. The Labute approximate surface area is 120 Å². The van der Waals surface area contributed by atoms with Crippen LogP contribution in [0.15, 0.2) is 24.3 Å². The molecule has 1 fully saturated rings. The monoisotopic (exact) mass is 274 g/mol. The van der Waals surface area contributed by atoms with E-state index in [2.05, 4.69) is 5.32 Å². The van der Waals surface area contributed by atoms with E-state index in [1.807, 2.05) is 36.2 Å². The molecule has 0 aromatic heterocycles. The van der Waals surface area contributed by atoms with Crippen molar-refractivity contribution in [1.82, 2.24) is 10.2 Å². The van der Waals surface area contributed by atoms with E-state index in [1.165, 1.54) is 0 Å². The number of nitrogens with zero attached hydrogens (tertiary/aromatic N) is 1. The first-order valence-electron chi connectivity index (χ1n) is 7.43. The second kappa shape index (κ2) is 5.83. The number of likely N-dealkylation sites (N-methyl/N-ethyl adjacent to an activating group) is 1. The molecule has 0 aliphatic carbocycles. The van der Waals surface area contributed by atoms with Crippen LogP contribution in [0.2, 0.25) is 0 Å². The normalized spacial score (nSPS) is 22.1. The number of benzene rings is 1. The van der Waals surface area contributed by atoms with E-state index in [0.717, 1.165) is 43.8 Å². The Morgan fingerprint density at radius 1 is 1.35 bits per heavy atom. The van der Waals surface area contributed by atoms with E-state index in [1.54, 1.807) is 0 Å². The van der Waals surface area contributed by atoms with Crippen LogP contribution in [0.25, 0.3) is 0 Å². The standard InChI is InChI=1S/C16H22N2O2/c1-18(10-12-6-8-17-9-7-12)16(19)14-11-20-15-5-3-2-4-13(14)15/h2-5,12,14,17H,6-11H2,1H3. The number of fused-ring (bicyclic) bond motifs is 1. The Morgan fingerprint density at radius 2 is 2.10 bits per heavy atom. The van der Waals surface area contributed by atoms with Gasteiger partial charge in [0.25, 0.3) is 0 Å². The zero-order valence-corrected chi connectivity index (χ0v) is 12.0. The molecule has 1 unspecified atom stereocenters. The van der Waals surface area contributed by atoms with Crippen LogP contribution >= 0.6 is 0 Å². The highest BCUT2D eigenvalue weighted by atomic mass is 16.5. The summed E-state index contributed by atoms with van der Waals surface area (Å²) in [5.74, 6) is 1.55. The molecule has 1 aromatic rings. The van der Waals surface area contributed by atoms with Gasteiger partial charge >= 0.3 is 0 Å². The summed E-state index contributed by atoms with van der Waals surface area (Å²) in [5, 5.41) is 3.36. The zero-order valence-electron chi connectivity index (χ0n) is 12.0. The topological polar surface area (TPSA) is 41.6 Å². The Morgan fingerprint density at radius 3 is 2.90 bits per heavy atom. The fourth-order valence-electron chi connectivity index (χ4n) is 3.17. The lowest BCUT2D eigenvalue weighted by atomic mass is 9.96. The minimum absolute atomic E-state index is 0.127. The number of para-hydroxylation sites is 1. The number of piperidine rings is 1. The fraction of sp³-hybridized carbons (Fsp3) is 0.562. The van der Waals surface area contributed by atoms with Crippen LogP contribution in [0.3, 0.4) is 0 Å². The second-order valence-corrected chi connectivity index (χ2v) is 5.81. The van der Waals surface area contributed by atoms with Crippen molar-refractivity contribution in [2.24, 2.45) is 5.92 Å². The first-order valence-corrected chi connectivity index (χ1v) is 7.43. The molecule has 20 heavy (non-hydrogen) atoms. The van der Waals surface area contributed by atoms with Gasteiger partial charge < -0.3 is 15.0 Å². The van der Waals surface area contributed by atoms with Crippen molar-refractivity contribution >= 4 is 5.91 Å². The minimum atomic E-state index is -0.127. The summed E-state index contributed by atoms with van der Waals surface area (Å²) in [6.07, 6.45) is 2.32. The molecule has 1 amide bonds. The zero-order chi connectivity index (χ0) is 13.9. The van der Waals surface area contributed by atoms with E-state index >= 15 is 0 Å². The van der Waals surface area contributed by atoms with E-state index in [0.29, 0.717) is 12.5 Å². The van der Waals surface area contributed by atoms with Gasteiger partial charge in [-0.3, -0.25) is 4.79 Å². The Balaban J connectivity index is 1.64. The summed E-state index contributed by atoms with van der Waals surface area (Å²) in [7, 11) is 1.92. The second-order valence-electron chi connectivity index (χ2n) is 5.81. The molecule has 1 aromatic carbocycles. The van der Waals surface area contributed by atoms with Crippen LogP contribution < -0.4 is 10.1 Å². The van der Waals surface area contributed by atoms with E-state index in [9.17, 15) is 4.79 Å². The van der Waals surface area contributed by atoms with Crippen molar-refractivity contribution in [3.63, 3.8) is 0 Å². The average molecular weight is 274 g/mol. The van der Waals surface area contributed by atoms with Crippen LogP contribution in [-0.4, -0.2) is 44.1 Å². The molecule has 2 aliphatic rings. The molecule has 0 radical (unpaired) electrons. The summed E-state index contributed by atoms with van der Waals surface area (Å²) in [6, 6.07) is 7.86. The molecule has 1 N–H and O–H groups in total. The molecule has 0 saturated carbocycles. The molecular weight excluding hydrogens is 252 g/mol. The highest BCUT2D eigenvalue weighted by Gasteiger charge is 2.32. The highest BCUT2D eigenvalue weighted by Crippen LogP contribution is 2.34. The van der Waals surface area contributed by atoms with Crippen molar-refractivity contribution in [3.8, 4) is 5.75 Å². The van der Waals surface area contributed by atoms with E-state index in [4.69, 9.17) is 4.74 Å². The number of hydrogen-bond donors (Lipinski definition) is 1. The molecule has 4 nitrogen and oxygen atoms in total. The van der Waals surface area contributed by atoms with Crippen LogP contribution in [0.5, 0.6) is 5.75 Å². The smallest absolute Gasteiger partial charge is 0.233 e. The minimum Gasteiger partial charge on any atom is -0.492 e. The number of rotatable bonds is 3. The lowest BCUT2D eigenvalue weighted by Crippen LogP contribution is -2.39. The summed E-state index contributed by atoms with van der Waals surface area (Å²) in [6.45, 7) is 3.48. The number of hydrogen-bond acceptors (Lipinski definition) is 3. The largest absolute Gasteiger partial charge is 0.492 e. The number of nitrogens with one attached hydrogen (secondary N) is 1. The lowest BCUT2D eigenvalue weighted by molar-refractivity contribution is -0.132. The van der Waals surface area contributed by atoms with Gasteiger partial charge in [0.15, 0.2) is 0 Å². The van der Waals surface area contributed by atoms with Crippen LogP contribution in [-0.2, 0) is 4.79 Å². The van der Waals surface area contributed by atoms with Crippen LogP contribution in [0.4, 0.5) is 0 Å². The Bertz CT molecular complexity index is 483. The molecule has 0 bridgehead atoms. The van der Waals surface area contributed by atoms with Gasteiger partial charge in [0.2, 0.25) is 5.91 Å². The predicted molar refractivity (Wildman–Crippen MR) is 77.9 cm³/mol. The SMILES string of the molecule is CN(CC1CCNCC1)C(=O)C1COc2ccccc21. The molecule has 2 heterocycles. The van der Waals surface area contributed by atoms with Gasteiger partial charge in [0.1, 0.15) is 18.3 Å². The Kier molecular flexibility index (Phi) is 3.92. The quantitative estimate of drug-likeness (QED) is 0.910. The summed E-state index contributed by atoms with van der Waals surface area (Å²) >= 11 is 0. The molecule has 4 heteroatoms. The number of carbonyl (C=O) groups is 1. The van der Waals surface area contributed by atoms with E-state index < -0.39 is 0 Å². The third-order valence-corrected chi connectivity index (χ3v) is 4.37. The molecule has 2 aliphatic heterocycles. The summed E-state index contributed by atoms with van der Waals surface area (Å²) in [4.78, 5) is 14.5. The van der Waals surface area contributed by atoms with E-state index in [-0.39, 0.29) is 11.8 Å². The maximum atomic E-state index is 12.6. The van der Waals surface area contributed by atoms with Crippen LogP contribution in [0.1, 0.15) is 24.3 Å². The first-order chi connectivity index (χ1) is 9.75. The summed E-state index contributed by atoms with van der Waals surface area (Å²) < 4.78 is 5.61. The molecule has 108 valence electrons. The van der Waals surface area contributed by atoms with Crippen molar-refractivity contribution in [3.05, 3.63) is 29.8 Å². The van der Waals surface area contributed by atoms with Gasteiger partial charge in [0.05, 0.1) is 0 Å². The fourth-order valence-corrected chi connectivity index (χ4v) is 3.17. The van der Waals surface area contributed by atoms with Crippen molar-refractivity contribution in [2.75, 3.05) is 33.3 Å². The van der Waals surface area contributed by atoms with Gasteiger partial charge in [-0.2, -0.15) is 0 Å². The number of ether oxygens (including phenoxy) is 1. The highest BCUT2D eigenvalue weighted by molar-refractivity contribution is 5.85. The Hall–Kier alpha value is -1.55.